The fourth-order valence-corrected chi connectivity index (χ4v) is 4.41. The topological polar surface area (TPSA) is 55.3 Å². The lowest BCUT2D eigenvalue weighted by Crippen LogP contribution is -2.71. The summed E-state index contributed by atoms with van der Waals surface area (Å²) in [6.07, 6.45) is 6.96. The van der Waals surface area contributed by atoms with Crippen LogP contribution in [0.4, 0.5) is 0 Å². The molecule has 2 fully saturated rings. The molecule has 2 saturated heterocycles. The van der Waals surface area contributed by atoms with E-state index in [-0.39, 0.29) is 0 Å². The number of fused-ring (bicyclic) bond motifs is 1. The highest BCUT2D eigenvalue weighted by atomic mass is 15.4. The molecular weight excluding hydrogens is 264 g/mol. The Morgan fingerprint density at radius 1 is 1.19 bits per heavy atom. The zero-order chi connectivity index (χ0) is 14.2. The quantitative estimate of drug-likeness (QED) is 0.775. The van der Waals surface area contributed by atoms with Gasteiger partial charge in [-0.3, -0.25) is 15.8 Å². The number of nitrogens with zero attached hydrogens (tertiary/aromatic N) is 4. The smallest absolute Gasteiger partial charge is 0.0755 e. The van der Waals surface area contributed by atoms with Crippen molar-refractivity contribution in [1.29, 1.82) is 0 Å². The summed E-state index contributed by atoms with van der Waals surface area (Å²) in [7, 11) is 2.23. The van der Waals surface area contributed by atoms with E-state index in [0.29, 0.717) is 18.1 Å². The molecule has 6 nitrogen and oxygen atoms in total. The van der Waals surface area contributed by atoms with E-state index in [1.54, 1.807) is 0 Å². The van der Waals surface area contributed by atoms with Gasteiger partial charge in [0.1, 0.15) is 0 Å². The molecule has 4 aliphatic rings. The number of rotatable bonds is 2. The second-order valence-electron chi connectivity index (χ2n) is 6.93. The molecule has 0 spiro atoms. The van der Waals surface area contributed by atoms with Crippen molar-refractivity contribution < 1.29 is 0 Å². The Morgan fingerprint density at radius 2 is 2.10 bits per heavy atom. The Labute approximate surface area is 126 Å². The molecule has 0 amide bonds. The van der Waals surface area contributed by atoms with Crippen LogP contribution in [0.25, 0.3) is 0 Å². The number of hydrogen-bond donors (Lipinski definition) is 2. The standard InChI is InChI=1S/C15H26N6/c1-20-6-2-3-11-7-18-19-14(15(11)20)12-9-21(10-12)13-4-5-16-17-8-13/h2,6,11-15,18-19H,3-5,7-10H2,1H3. The van der Waals surface area contributed by atoms with E-state index in [4.69, 9.17) is 0 Å². The molecular formula is C15H26N6. The molecule has 0 saturated carbocycles. The van der Waals surface area contributed by atoms with Gasteiger partial charge in [-0.15, -0.1) is 0 Å². The normalized spacial score (nSPS) is 40.9. The summed E-state index contributed by atoms with van der Waals surface area (Å²) in [6.45, 7) is 5.31. The second-order valence-corrected chi connectivity index (χ2v) is 6.93. The van der Waals surface area contributed by atoms with Gasteiger partial charge in [0.15, 0.2) is 0 Å². The third kappa shape index (κ3) is 2.49. The van der Waals surface area contributed by atoms with Gasteiger partial charge in [-0.1, -0.05) is 6.08 Å². The summed E-state index contributed by atoms with van der Waals surface area (Å²) < 4.78 is 0. The van der Waals surface area contributed by atoms with Gasteiger partial charge in [-0.2, -0.15) is 10.2 Å². The van der Waals surface area contributed by atoms with Crippen LogP contribution >= 0.6 is 0 Å². The average molecular weight is 290 g/mol. The highest BCUT2D eigenvalue weighted by Gasteiger charge is 2.45. The Balaban J connectivity index is 1.38. The molecule has 0 aromatic rings. The zero-order valence-electron chi connectivity index (χ0n) is 12.8. The Kier molecular flexibility index (Phi) is 3.69. The summed E-state index contributed by atoms with van der Waals surface area (Å²) in [5.74, 6) is 1.49. The van der Waals surface area contributed by atoms with Gasteiger partial charge >= 0.3 is 0 Å². The van der Waals surface area contributed by atoms with Crippen LogP contribution in [-0.4, -0.2) is 67.7 Å². The summed E-state index contributed by atoms with van der Waals surface area (Å²) in [4.78, 5) is 5.02. The minimum atomic E-state index is 0.556. The van der Waals surface area contributed by atoms with Crippen LogP contribution in [0.5, 0.6) is 0 Å². The molecule has 0 radical (unpaired) electrons. The van der Waals surface area contributed by atoms with Gasteiger partial charge < -0.3 is 4.90 Å². The number of nitrogens with one attached hydrogen (secondary N) is 2. The van der Waals surface area contributed by atoms with Crippen molar-refractivity contribution in [2.45, 2.75) is 31.0 Å². The first kappa shape index (κ1) is 13.7. The number of likely N-dealkylation sites (tertiary alicyclic amines) is 1. The zero-order valence-corrected chi connectivity index (χ0v) is 12.8. The van der Waals surface area contributed by atoms with Crippen LogP contribution in [0.15, 0.2) is 22.5 Å². The molecule has 0 bridgehead atoms. The minimum Gasteiger partial charge on any atom is -0.376 e. The third-order valence-corrected chi connectivity index (χ3v) is 5.65. The monoisotopic (exact) mass is 290 g/mol. The fourth-order valence-electron chi connectivity index (χ4n) is 4.41. The van der Waals surface area contributed by atoms with Crippen LogP contribution in [-0.2, 0) is 0 Å². The van der Waals surface area contributed by atoms with E-state index < -0.39 is 0 Å². The number of likely N-dealkylation sites (N-methyl/N-ethyl adjacent to an activating group) is 1. The van der Waals surface area contributed by atoms with Crippen LogP contribution in [0.2, 0.25) is 0 Å². The largest absolute Gasteiger partial charge is 0.376 e. The Hall–Kier alpha value is -0.980. The van der Waals surface area contributed by atoms with Crippen molar-refractivity contribution in [3.05, 3.63) is 12.3 Å². The van der Waals surface area contributed by atoms with Crippen molar-refractivity contribution in [3.63, 3.8) is 0 Å². The first-order valence-electron chi connectivity index (χ1n) is 8.27. The van der Waals surface area contributed by atoms with Gasteiger partial charge in [-0.25, -0.2) is 0 Å². The first-order chi connectivity index (χ1) is 10.3. The van der Waals surface area contributed by atoms with Gasteiger partial charge in [0.05, 0.1) is 13.1 Å². The number of hydrazine groups is 1. The van der Waals surface area contributed by atoms with Crippen LogP contribution < -0.4 is 10.9 Å². The Bertz CT molecular complexity index is 430. The van der Waals surface area contributed by atoms with E-state index in [9.17, 15) is 0 Å². The predicted molar refractivity (Wildman–Crippen MR) is 81.8 cm³/mol. The molecule has 4 atom stereocenters. The van der Waals surface area contributed by atoms with Crippen LogP contribution in [0.3, 0.4) is 0 Å². The SMILES string of the molecule is CN1C=CCC2CNNC(C3CN(C4CCN=NC4)C3)C21. The van der Waals surface area contributed by atoms with Crippen molar-refractivity contribution in [2.75, 3.05) is 39.8 Å². The molecule has 2 N–H and O–H groups in total. The summed E-state index contributed by atoms with van der Waals surface area (Å²) in [5, 5.41) is 8.32. The van der Waals surface area contributed by atoms with Gasteiger partial charge in [0, 0.05) is 50.7 Å². The molecule has 4 unspecified atom stereocenters. The summed E-state index contributed by atoms with van der Waals surface area (Å²) >= 11 is 0. The Morgan fingerprint density at radius 3 is 2.90 bits per heavy atom. The average Bonchev–Trinajstić information content (AvgIpc) is 2.47. The van der Waals surface area contributed by atoms with Crippen molar-refractivity contribution >= 4 is 0 Å². The molecule has 4 heterocycles. The maximum absolute atomic E-state index is 4.21. The lowest BCUT2D eigenvalue weighted by molar-refractivity contribution is -0.0167. The molecule has 0 aliphatic carbocycles. The van der Waals surface area contributed by atoms with Gasteiger partial charge in [-0.05, 0) is 25.0 Å². The van der Waals surface area contributed by atoms with Crippen molar-refractivity contribution in [1.82, 2.24) is 20.7 Å². The highest BCUT2D eigenvalue weighted by Crippen LogP contribution is 2.33. The lowest BCUT2D eigenvalue weighted by atomic mass is 9.77. The summed E-state index contributed by atoms with van der Waals surface area (Å²) in [6, 6.07) is 1.82. The molecule has 116 valence electrons. The molecule has 21 heavy (non-hydrogen) atoms. The maximum Gasteiger partial charge on any atom is 0.0755 e. The lowest BCUT2D eigenvalue weighted by Gasteiger charge is -2.54. The van der Waals surface area contributed by atoms with Gasteiger partial charge in [0.2, 0.25) is 0 Å². The molecule has 4 aliphatic heterocycles. The van der Waals surface area contributed by atoms with E-state index >= 15 is 0 Å². The molecule has 6 heteroatoms. The van der Waals surface area contributed by atoms with E-state index in [1.165, 1.54) is 25.9 Å². The van der Waals surface area contributed by atoms with Gasteiger partial charge in [0.25, 0.3) is 0 Å². The first-order valence-corrected chi connectivity index (χ1v) is 8.27. The third-order valence-electron chi connectivity index (χ3n) is 5.65. The van der Waals surface area contributed by atoms with E-state index in [1.807, 2.05) is 0 Å². The van der Waals surface area contributed by atoms with Crippen molar-refractivity contribution in [2.24, 2.45) is 22.1 Å². The number of allylic oxidation sites excluding steroid dienone is 1. The maximum atomic E-state index is 4.21. The van der Waals surface area contributed by atoms with Crippen LogP contribution in [0, 0.1) is 11.8 Å². The molecule has 0 aromatic heterocycles. The van der Waals surface area contributed by atoms with E-state index in [2.05, 4.69) is 50.2 Å². The van der Waals surface area contributed by atoms with Crippen LogP contribution in [0.1, 0.15) is 12.8 Å². The summed E-state index contributed by atoms with van der Waals surface area (Å²) in [5.41, 5.74) is 7.02. The molecule has 0 aromatic carbocycles. The predicted octanol–water partition coefficient (Wildman–Crippen LogP) is 0.453. The fraction of sp³-hybridized carbons (Fsp3) is 0.867. The molecule has 4 rings (SSSR count). The van der Waals surface area contributed by atoms with Crippen molar-refractivity contribution in [3.8, 4) is 0 Å². The van der Waals surface area contributed by atoms with E-state index in [0.717, 1.165) is 31.5 Å². The number of azo groups is 1. The minimum absolute atomic E-state index is 0.556. The second kappa shape index (κ2) is 5.66. The highest BCUT2D eigenvalue weighted by molar-refractivity contribution is 5.07. The number of hydrogen-bond acceptors (Lipinski definition) is 6.